The number of aromatic nitrogens is 2. The Labute approximate surface area is 189 Å². The zero-order chi connectivity index (χ0) is 23.2. The molecule has 33 heavy (non-hydrogen) atoms. The lowest BCUT2D eigenvalue weighted by Crippen LogP contribution is -2.53. The van der Waals surface area contributed by atoms with Crippen LogP contribution in [0.4, 0.5) is 24.7 Å². The van der Waals surface area contributed by atoms with E-state index in [1.807, 2.05) is 30.3 Å². The Morgan fingerprint density at radius 2 is 1.70 bits per heavy atom. The minimum Gasteiger partial charge on any atom is -0.384 e. The maximum Gasteiger partial charge on any atom is 0.419 e. The summed E-state index contributed by atoms with van der Waals surface area (Å²) in [6.07, 6.45) is -4.65. The highest BCUT2D eigenvalue weighted by molar-refractivity contribution is 5.72. The van der Waals surface area contributed by atoms with Crippen molar-refractivity contribution in [2.75, 3.05) is 36.5 Å². The van der Waals surface area contributed by atoms with Crippen molar-refractivity contribution < 1.29 is 17.9 Å². The molecule has 3 aromatic rings. The van der Waals surface area contributed by atoms with Crippen LogP contribution in [-0.2, 0) is 10.3 Å². The van der Waals surface area contributed by atoms with Crippen LogP contribution in [0.1, 0.15) is 12.5 Å². The summed E-state index contributed by atoms with van der Waals surface area (Å²) in [6, 6.07) is 17.3. The minimum absolute atomic E-state index is 0.0412. The van der Waals surface area contributed by atoms with E-state index >= 15 is 0 Å². The van der Waals surface area contributed by atoms with Crippen molar-refractivity contribution in [1.29, 1.82) is 0 Å². The van der Waals surface area contributed by atoms with Crippen LogP contribution >= 0.6 is 0 Å². The number of morpholine rings is 1. The van der Waals surface area contributed by atoms with E-state index in [1.165, 1.54) is 23.7 Å². The van der Waals surface area contributed by atoms with Gasteiger partial charge in [-0.25, -0.2) is 4.68 Å². The van der Waals surface area contributed by atoms with Gasteiger partial charge in [-0.3, -0.25) is 0 Å². The van der Waals surface area contributed by atoms with Gasteiger partial charge in [-0.15, -0.1) is 0 Å². The van der Waals surface area contributed by atoms with Crippen LogP contribution in [0.5, 0.6) is 0 Å². The maximum atomic E-state index is 14.8. The van der Waals surface area contributed by atoms with Crippen LogP contribution in [0, 0.1) is 0 Å². The van der Waals surface area contributed by atoms with E-state index in [2.05, 4.69) is 15.3 Å². The van der Waals surface area contributed by atoms with E-state index in [0.717, 1.165) is 11.3 Å². The van der Waals surface area contributed by atoms with E-state index in [0.29, 0.717) is 32.0 Å². The number of ether oxygens (including phenoxy) is 1. The summed E-state index contributed by atoms with van der Waals surface area (Å²) in [5.74, 6) is 0.145. The average Bonchev–Trinajstić information content (AvgIpc) is 3.26. The number of anilines is 2. The molecular formula is C24H24F3N5O. The number of benzene rings is 2. The van der Waals surface area contributed by atoms with Crippen molar-refractivity contribution >= 4 is 17.3 Å². The smallest absolute Gasteiger partial charge is 0.384 e. The summed E-state index contributed by atoms with van der Waals surface area (Å²) in [5, 5.41) is 7.19. The Morgan fingerprint density at radius 3 is 2.33 bits per heavy atom. The highest BCUT2D eigenvalue weighted by atomic mass is 19.4. The van der Waals surface area contributed by atoms with Gasteiger partial charge < -0.3 is 20.7 Å². The molecule has 0 spiro atoms. The molecular weight excluding hydrogens is 431 g/mol. The van der Waals surface area contributed by atoms with Gasteiger partial charge >= 0.3 is 6.18 Å². The first-order chi connectivity index (χ1) is 15.8. The zero-order valence-corrected chi connectivity index (χ0v) is 18.1. The van der Waals surface area contributed by atoms with Crippen molar-refractivity contribution in [3.8, 4) is 11.3 Å². The fraction of sp³-hybridized carbons (Fsp3) is 0.292. The second-order valence-corrected chi connectivity index (χ2v) is 8.22. The maximum absolute atomic E-state index is 14.8. The third kappa shape index (κ3) is 3.43. The summed E-state index contributed by atoms with van der Waals surface area (Å²) >= 11 is 0. The standard InChI is InChI=1S/C24H24F3N5O/c1-16-22(28)32-21(15-20(30-32)17-5-3-2-4-6-17)29-23(16,24(25,26)27)18-7-9-19(10-8-18)31-11-13-33-14-12-31/h2-10,15,29H,11-14,28H2,1H3. The molecule has 1 atom stereocenters. The van der Waals surface area contributed by atoms with Gasteiger partial charge in [0.15, 0.2) is 5.54 Å². The van der Waals surface area contributed by atoms with Gasteiger partial charge in [0.2, 0.25) is 0 Å². The SMILES string of the molecule is CC1=C(N)n2nc(-c3ccccc3)cc2NC1(c1ccc(N2CCOCC2)cc1)C(F)(F)F. The number of hydrogen-bond acceptors (Lipinski definition) is 5. The topological polar surface area (TPSA) is 68.3 Å². The largest absolute Gasteiger partial charge is 0.419 e. The quantitative estimate of drug-likeness (QED) is 0.612. The van der Waals surface area contributed by atoms with Gasteiger partial charge in [0.25, 0.3) is 0 Å². The fourth-order valence-corrected chi connectivity index (χ4v) is 4.52. The second-order valence-electron chi connectivity index (χ2n) is 8.22. The van der Waals surface area contributed by atoms with Crippen molar-refractivity contribution in [3.63, 3.8) is 0 Å². The number of nitrogens with one attached hydrogen (secondary N) is 1. The zero-order valence-electron chi connectivity index (χ0n) is 18.1. The molecule has 2 aliphatic rings. The first kappa shape index (κ1) is 21.4. The molecule has 1 fully saturated rings. The van der Waals surface area contributed by atoms with E-state index in [1.54, 1.807) is 18.2 Å². The Bertz CT molecular complexity index is 1180. The van der Waals surface area contributed by atoms with Crippen LogP contribution in [0.3, 0.4) is 0 Å². The monoisotopic (exact) mass is 455 g/mol. The summed E-state index contributed by atoms with van der Waals surface area (Å²) < 4.78 is 51.0. The van der Waals surface area contributed by atoms with Crippen molar-refractivity contribution in [2.24, 2.45) is 5.73 Å². The van der Waals surface area contributed by atoms with Crippen LogP contribution in [0.15, 0.2) is 66.2 Å². The van der Waals surface area contributed by atoms with Crippen LogP contribution in [0.2, 0.25) is 0 Å². The van der Waals surface area contributed by atoms with E-state index in [-0.39, 0.29) is 22.8 Å². The van der Waals surface area contributed by atoms with E-state index in [9.17, 15) is 13.2 Å². The molecule has 0 bridgehead atoms. The van der Waals surface area contributed by atoms with Crippen LogP contribution in [0.25, 0.3) is 17.1 Å². The number of nitrogens with two attached hydrogens (primary N) is 1. The molecule has 172 valence electrons. The van der Waals surface area contributed by atoms with Gasteiger partial charge in [-0.2, -0.15) is 18.3 Å². The number of fused-ring (bicyclic) bond motifs is 1. The molecule has 2 aliphatic heterocycles. The molecule has 1 unspecified atom stereocenters. The lowest BCUT2D eigenvalue weighted by molar-refractivity contribution is -0.171. The summed E-state index contributed by atoms with van der Waals surface area (Å²) in [6.45, 7) is 4.01. The van der Waals surface area contributed by atoms with Gasteiger partial charge in [0.05, 0.1) is 18.9 Å². The molecule has 1 aromatic heterocycles. The highest BCUT2D eigenvalue weighted by Crippen LogP contribution is 2.50. The molecule has 6 nitrogen and oxygen atoms in total. The normalized spacial score (nSPS) is 21.0. The Kier molecular flexibility index (Phi) is 5.08. The number of halogens is 3. The number of alkyl halides is 3. The molecule has 5 rings (SSSR count). The summed E-state index contributed by atoms with van der Waals surface area (Å²) in [7, 11) is 0. The molecule has 2 aromatic carbocycles. The molecule has 0 aliphatic carbocycles. The molecule has 3 N–H and O–H groups in total. The Hall–Kier alpha value is -3.46. The average molecular weight is 455 g/mol. The number of nitrogens with zero attached hydrogens (tertiary/aromatic N) is 3. The van der Waals surface area contributed by atoms with Crippen LogP contribution < -0.4 is 16.0 Å². The van der Waals surface area contributed by atoms with E-state index < -0.39 is 11.7 Å². The molecule has 3 heterocycles. The minimum atomic E-state index is -4.65. The summed E-state index contributed by atoms with van der Waals surface area (Å²) in [5.41, 5.74) is 6.00. The third-order valence-corrected chi connectivity index (χ3v) is 6.37. The van der Waals surface area contributed by atoms with Gasteiger partial charge in [-0.05, 0) is 24.6 Å². The Morgan fingerprint density at radius 1 is 1.03 bits per heavy atom. The van der Waals surface area contributed by atoms with Crippen LogP contribution in [-0.4, -0.2) is 42.3 Å². The Balaban J connectivity index is 1.58. The fourth-order valence-electron chi connectivity index (χ4n) is 4.52. The van der Waals surface area contributed by atoms with Crippen molar-refractivity contribution in [1.82, 2.24) is 9.78 Å². The predicted molar refractivity (Wildman–Crippen MR) is 122 cm³/mol. The molecule has 1 saturated heterocycles. The lowest BCUT2D eigenvalue weighted by atomic mass is 9.81. The van der Waals surface area contributed by atoms with Gasteiger partial charge in [0.1, 0.15) is 11.6 Å². The highest BCUT2D eigenvalue weighted by Gasteiger charge is 2.60. The second kappa shape index (κ2) is 7.84. The van der Waals surface area contributed by atoms with Gasteiger partial charge in [-0.1, -0.05) is 42.5 Å². The lowest BCUT2D eigenvalue weighted by Gasteiger charge is -2.42. The third-order valence-electron chi connectivity index (χ3n) is 6.37. The van der Waals surface area contributed by atoms with Crippen molar-refractivity contribution in [2.45, 2.75) is 18.6 Å². The molecule has 0 saturated carbocycles. The molecule has 9 heteroatoms. The number of hydrogen-bond donors (Lipinski definition) is 2. The first-order valence-electron chi connectivity index (χ1n) is 10.7. The van der Waals surface area contributed by atoms with Gasteiger partial charge in [0, 0.05) is 36.0 Å². The summed E-state index contributed by atoms with van der Waals surface area (Å²) in [4.78, 5) is 2.10. The predicted octanol–water partition coefficient (Wildman–Crippen LogP) is 4.42. The molecule has 0 radical (unpaired) electrons. The molecule has 0 amide bonds. The van der Waals surface area contributed by atoms with E-state index in [4.69, 9.17) is 10.5 Å². The van der Waals surface area contributed by atoms with Crippen molar-refractivity contribution in [3.05, 3.63) is 71.8 Å². The number of rotatable bonds is 3. The first-order valence-corrected chi connectivity index (χ1v) is 10.7.